The lowest BCUT2D eigenvalue weighted by Crippen LogP contribution is -2.52. The average Bonchev–Trinajstić information content (AvgIpc) is 2.88. The summed E-state index contributed by atoms with van der Waals surface area (Å²) < 4.78 is 26.3. The monoisotopic (exact) mass is 491 g/mol. The van der Waals surface area contributed by atoms with Gasteiger partial charge in [-0.3, -0.25) is 10.1 Å². The number of nitrogens with one attached hydrogen (secondary N) is 1. The molecule has 0 spiro atoms. The highest BCUT2D eigenvalue weighted by Gasteiger charge is 2.31. The molecule has 3 N–H and O–H groups in total. The number of fused-ring (bicyclic) bond motifs is 1. The molecule has 1 atom stereocenters. The maximum Gasteiger partial charge on any atom is 0.326 e. The van der Waals surface area contributed by atoms with E-state index in [0.29, 0.717) is 31.1 Å². The average molecular weight is 492 g/mol. The number of halogens is 1. The Morgan fingerprint density at radius 2 is 1.81 bits per heavy atom. The molecule has 0 saturated heterocycles. The molecule has 0 radical (unpaired) electrons. The van der Waals surface area contributed by atoms with Crippen LogP contribution in [0.5, 0.6) is 11.5 Å². The second kappa shape index (κ2) is 10.5. The number of rotatable bonds is 8. The fraction of sp³-hybridized carbons (Fsp3) is 0.276. The minimum Gasteiger partial charge on any atom is -0.486 e. The third-order valence-corrected chi connectivity index (χ3v) is 6.57. The molecule has 0 aromatic heterocycles. The Hall–Kier alpha value is -3.68. The van der Waals surface area contributed by atoms with E-state index in [0.717, 1.165) is 33.4 Å². The summed E-state index contributed by atoms with van der Waals surface area (Å²) in [7, 11) is 0. The van der Waals surface area contributed by atoms with E-state index in [4.69, 9.17) is 9.47 Å². The zero-order valence-corrected chi connectivity index (χ0v) is 20.6. The molecule has 0 bridgehead atoms. The van der Waals surface area contributed by atoms with Crippen molar-refractivity contribution in [2.45, 2.75) is 32.9 Å². The van der Waals surface area contributed by atoms with Crippen molar-refractivity contribution in [3.8, 4) is 22.6 Å². The second-order valence-corrected chi connectivity index (χ2v) is 9.14. The predicted molar refractivity (Wildman–Crippen MR) is 138 cm³/mol. The number of aliphatic hydroxyl groups is 1. The fourth-order valence-electron chi connectivity index (χ4n) is 4.07. The molecule has 0 aliphatic carbocycles. The summed E-state index contributed by atoms with van der Waals surface area (Å²) in [4.78, 5) is 11.4. The summed E-state index contributed by atoms with van der Waals surface area (Å²) in [6.45, 7) is 5.91. The van der Waals surface area contributed by atoms with Gasteiger partial charge in [-0.2, -0.15) is 0 Å². The van der Waals surface area contributed by atoms with E-state index in [9.17, 15) is 15.0 Å². The first-order chi connectivity index (χ1) is 17.2. The number of aliphatic carboxylic acids is 1. The van der Waals surface area contributed by atoms with Crippen LogP contribution >= 0.6 is 0 Å². The molecule has 1 unspecified atom stereocenters. The normalized spacial score (nSPS) is 14.6. The van der Waals surface area contributed by atoms with Crippen LogP contribution in [0.3, 0.4) is 0 Å². The Morgan fingerprint density at radius 1 is 1.06 bits per heavy atom. The van der Waals surface area contributed by atoms with Gasteiger partial charge in [0.15, 0.2) is 17.3 Å². The van der Waals surface area contributed by atoms with Gasteiger partial charge in [-0.25, -0.2) is 4.39 Å². The lowest BCUT2D eigenvalue weighted by atomic mass is 9.94. The summed E-state index contributed by atoms with van der Waals surface area (Å²) in [5.41, 5.74) is 4.63. The van der Waals surface area contributed by atoms with Crippen LogP contribution in [-0.2, 0) is 11.3 Å². The highest BCUT2D eigenvalue weighted by molar-refractivity contribution is 5.80. The number of benzene rings is 3. The molecular weight excluding hydrogens is 461 g/mol. The number of carboxylic acids is 1. The summed E-state index contributed by atoms with van der Waals surface area (Å²) in [6.07, 6.45) is 3.98. The van der Waals surface area contributed by atoms with Gasteiger partial charge in [-0.05, 0) is 66.3 Å². The Kier molecular flexibility index (Phi) is 7.43. The van der Waals surface area contributed by atoms with Crippen LogP contribution < -0.4 is 14.8 Å². The van der Waals surface area contributed by atoms with E-state index in [1.165, 1.54) is 6.92 Å². The molecular formula is C29H30FNO5. The molecule has 4 rings (SSSR count). The maximum atomic E-state index is 15.3. The standard InChI is InChI=1S/C29H30FNO5/c1-18-7-8-20(16-31-29(3,17-32)28(33)34)15-22(18)10-9-21-5-4-6-23(19(21)2)24-11-12-25-27(26(24)30)36-14-13-35-25/h4-12,15,31-32H,13-14,16-17H2,1-3H3,(H,33,34)/b10-9+. The van der Waals surface area contributed by atoms with Gasteiger partial charge in [0, 0.05) is 12.1 Å². The van der Waals surface area contributed by atoms with Crippen LogP contribution in [0.2, 0.25) is 0 Å². The van der Waals surface area contributed by atoms with Gasteiger partial charge in [-0.1, -0.05) is 48.6 Å². The van der Waals surface area contributed by atoms with E-state index in [-0.39, 0.29) is 5.75 Å². The van der Waals surface area contributed by atoms with Gasteiger partial charge in [0.05, 0.1) is 6.61 Å². The van der Waals surface area contributed by atoms with E-state index >= 15 is 4.39 Å². The summed E-state index contributed by atoms with van der Waals surface area (Å²) in [6, 6.07) is 15.1. The largest absolute Gasteiger partial charge is 0.486 e. The molecule has 7 heteroatoms. The number of carboxylic acid groups (broad SMARTS) is 1. The number of aryl methyl sites for hydroxylation is 1. The summed E-state index contributed by atoms with van der Waals surface area (Å²) >= 11 is 0. The summed E-state index contributed by atoms with van der Waals surface area (Å²) in [5, 5.41) is 21.7. The van der Waals surface area contributed by atoms with Crippen molar-refractivity contribution in [3.63, 3.8) is 0 Å². The minimum absolute atomic E-state index is 0.153. The minimum atomic E-state index is -1.42. The lowest BCUT2D eigenvalue weighted by molar-refractivity contribution is -0.145. The molecule has 3 aromatic rings. The molecule has 0 fully saturated rings. The zero-order valence-electron chi connectivity index (χ0n) is 20.6. The van der Waals surface area contributed by atoms with Crippen molar-refractivity contribution in [2.75, 3.05) is 19.8 Å². The number of hydrogen-bond acceptors (Lipinski definition) is 5. The van der Waals surface area contributed by atoms with Crippen molar-refractivity contribution in [1.29, 1.82) is 0 Å². The molecule has 1 aliphatic heterocycles. The fourth-order valence-corrected chi connectivity index (χ4v) is 4.07. The van der Waals surface area contributed by atoms with E-state index in [1.54, 1.807) is 12.1 Å². The van der Waals surface area contributed by atoms with Crippen LogP contribution in [0.4, 0.5) is 4.39 Å². The van der Waals surface area contributed by atoms with Crippen molar-refractivity contribution < 1.29 is 28.9 Å². The van der Waals surface area contributed by atoms with Gasteiger partial charge < -0.3 is 19.7 Å². The third-order valence-electron chi connectivity index (χ3n) is 6.57. The molecule has 0 amide bonds. The molecule has 188 valence electrons. The molecule has 36 heavy (non-hydrogen) atoms. The van der Waals surface area contributed by atoms with Crippen LogP contribution in [0.1, 0.15) is 34.7 Å². The number of ether oxygens (including phenoxy) is 2. The molecule has 3 aromatic carbocycles. The van der Waals surface area contributed by atoms with Crippen LogP contribution in [0.15, 0.2) is 48.5 Å². The number of aliphatic hydroxyl groups excluding tert-OH is 1. The van der Waals surface area contributed by atoms with Crippen molar-refractivity contribution >= 4 is 18.1 Å². The Labute approximate surface area is 210 Å². The summed E-state index contributed by atoms with van der Waals surface area (Å²) in [5.74, 6) is -0.963. The van der Waals surface area contributed by atoms with Crippen molar-refractivity contribution in [3.05, 3.63) is 82.2 Å². The van der Waals surface area contributed by atoms with Gasteiger partial charge in [0.1, 0.15) is 18.8 Å². The smallest absolute Gasteiger partial charge is 0.326 e. The van der Waals surface area contributed by atoms with Crippen molar-refractivity contribution in [1.82, 2.24) is 5.32 Å². The molecule has 6 nitrogen and oxygen atoms in total. The maximum absolute atomic E-state index is 15.3. The molecule has 1 aliphatic rings. The van der Waals surface area contributed by atoms with E-state index in [1.807, 2.05) is 62.4 Å². The highest BCUT2D eigenvalue weighted by Crippen LogP contribution is 2.39. The second-order valence-electron chi connectivity index (χ2n) is 9.14. The number of hydrogen-bond donors (Lipinski definition) is 3. The van der Waals surface area contributed by atoms with Crippen LogP contribution in [-0.4, -0.2) is 41.5 Å². The quantitative estimate of drug-likeness (QED) is 0.386. The number of carbonyl (C=O) groups is 1. The van der Waals surface area contributed by atoms with E-state index < -0.39 is 23.9 Å². The van der Waals surface area contributed by atoms with Crippen LogP contribution in [0.25, 0.3) is 23.3 Å². The topological polar surface area (TPSA) is 88.0 Å². The van der Waals surface area contributed by atoms with Crippen LogP contribution in [0, 0.1) is 19.7 Å². The van der Waals surface area contributed by atoms with Gasteiger partial charge in [0.25, 0.3) is 0 Å². The SMILES string of the molecule is Cc1ccc(CNC(C)(CO)C(=O)O)cc1/C=C/c1cccc(-c2ccc3c(c2F)OCCO3)c1C. The predicted octanol–water partition coefficient (Wildman–Crippen LogP) is 4.98. The first kappa shape index (κ1) is 25.4. The van der Waals surface area contributed by atoms with E-state index in [2.05, 4.69) is 5.32 Å². The van der Waals surface area contributed by atoms with Gasteiger partial charge in [0.2, 0.25) is 0 Å². The van der Waals surface area contributed by atoms with Crippen molar-refractivity contribution in [2.24, 2.45) is 0 Å². The lowest BCUT2D eigenvalue weighted by Gasteiger charge is -2.24. The van der Waals surface area contributed by atoms with Gasteiger partial charge in [-0.15, -0.1) is 0 Å². The first-order valence-electron chi connectivity index (χ1n) is 11.8. The third kappa shape index (κ3) is 5.12. The molecule has 1 heterocycles. The Balaban J connectivity index is 1.60. The van der Waals surface area contributed by atoms with Gasteiger partial charge >= 0.3 is 5.97 Å². The molecule has 0 saturated carbocycles. The zero-order chi connectivity index (χ0) is 25.9. The Morgan fingerprint density at radius 3 is 2.56 bits per heavy atom. The first-order valence-corrected chi connectivity index (χ1v) is 11.8. The Bertz CT molecular complexity index is 1320. The highest BCUT2D eigenvalue weighted by atomic mass is 19.1.